The van der Waals surface area contributed by atoms with Crippen molar-refractivity contribution < 1.29 is 24.6 Å². The molecule has 7 nitrogen and oxygen atoms in total. The minimum atomic E-state index is -1.82. The van der Waals surface area contributed by atoms with Crippen molar-refractivity contribution in [2.45, 2.75) is 89.3 Å². The molecule has 1 unspecified atom stereocenters. The van der Waals surface area contributed by atoms with Gasteiger partial charge in [0.15, 0.2) is 0 Å². The van der Waals surface area contributed by atoms with E-state index < -0.39 is 11.9 Å². The molecule has 31 heavy (non-hydrogen) atoms. The number of hydrogen-bond acceptors (Lipinski definition) is 4. The monoisotopic (exact) mass is 432 g/mol. The molecule has 7 heteroatoms. The van der Waals surface area contributed by atoms with E-state index in [1.54, 1.807) is 0 Å². The molecule has 2 fully saturated rings. The highest BCUT2D eigenvalue weighted by atomic mass is 16.4. The van der Waals surface area contributed by atoms with Gasteiger partial charge in [0.25, 0.3) is 0 Å². The van der Waals surface area contributed by atoms with Crippen LogP contribution in [-0.2, 0) is 14.4 Å². The third-order valence-electron chi connectivity index (χ3n) is 6.27. The lowest BCUT2D eigenvalue weighted by atomic mass is 9.88. The van der Waals surface area contributed by atoms with Crippen LogP contribution in [-0.4, -0.2) is 51.6 Å². The number of benzene rings is 1. The van der Waals surface area contributed by atoms with Crippen molar-refractivity contribution in [1.29, 1.82) is 0 Å². The highest BCUT2D eigenvalue weighted by Crippen LogP contribution is 2.30. The molecule has 1 aromatic rings. The van der Waals surface area contributed by atoms with Crippen molar-refractivity contribution in [1.82, 2.24) is 10.2 Å². The maximum absolute atomic E-state index is 13.1. The Labute approximate surface area is 184 Å². The highest BCUT2D eigenvalue weighted by Gasteiger charge is 2.32. The van der Waals surface area contributed by atoms with Gasteiger partial charge >= 0.3 is 11.9 Å². The van der Waals surface area contributed by atoms with E-state index in [2.05, 4.69) is 41.4 Å². The van der Waals surface area contributed by atoms with Gasteiger partial charge in [0, 0.05) is 18.1 Å². The van der Waals surface area contributed by atoms with Crippen LogP contribution in [0.5, 0.6) is 0 Å². The third-order valence-corrected chi connectivity index (χ3v) is 6.27. The van der Waals surface area contributed by atoms with Crippen molar-refractivity contribution in [2.24, 2.45) is 0 Å². The summed E-state index contributed by atoms with van der Waals surface area (Å²) in [6.07, 6.45) is 12.6. The summed E-state index contributed by atoms with van der Waals surface area (Å²) in [5.41, 5.74) is 1.25. The Balaban J connectivity index is 0.000000501. The average molecular weight is 433 g/mol. The Morgan fingerprint density at radius 2 is 1.32 bits per heavy atom. The number of carboxylic acids is 2. The maximum Gasteiger partial charge on any atom is 0.414 e. The smallest absolute Gasteiger partial charge is 0.414 e. The minimum Gasteiger partial charge on any atom is -0.473 e. The van der Waals surface area contributed by atoms with Gasteiger partial charge in [-0.3, -0.25) is 4.79 Å². The lowest BCUT2D eigenvalue weighted by molar-refractivity contribution is -0.159. The first-order valence-electron chi connectivity index (χ1n) is 11.5. The molecule has 0 radical (unpaired) electrons. The second kappa shape index (κ2) is 13.1. The van der Waals surface area contributed by atoms with Crippen LogP contribution in [0.15, 0.2) is 30.3 Å². The predicted molar refractivity (Wildman–Crippen MR) is 119 cm³/mol. The van der Waals surface area contributed by atoms with Crippen LogP contribution >= 0.6 is 0 Å². The largest absolute Gasteiger partial charge is 0.473 e. The van der Waals surface area contributed by atoms with Crippen LogP contribution in [0, 0.1) is 0 Å². The molecule has 1 atom stereocenters. The van der Waals surface area contributed by atoms with Gasteiger partial charge in [0.1, 0.15) is 0 Å². The molecule has 0 spiro atoms. The van der Waals surface area contributed by atoms with E-state index in [0.717, 1.165) is 0 Å². The summed E-state index contributed by atoms with van der Waals surface area (Å²) in [7, 11) is 0. The van der Waals surface area contributed by atoms with Gasteiger partial charge in [-0.2, -0.15) is 0 Å². The molecule has 0 bridgehead atoms. The molecule has 172 valence electrons. The Morgan fingerprint density at radius 3 is 1.74 bits per heavy atom. The first kappa shape index (κ1) is 24.9. The molecule has 3 N–H and O–H groups in total. The van der Waals surface area contributed by atoms with Crippen molar-refractivity contribution in [3.8, 4) is 0 Å². The standard InChI is InChI=1S/C22H34N2O.C2H2O4/c1-18(19-11-5-2-6-12-19)23-17-22(25)24(20-13-7-3-8-14-20)21-15-9-4-10-16-21;3-1(4)2(5)6/h2,5-6,11-12,18,20-21,23H,3-4,7-10,13-17H2,1H3;(H,3,4)(H,5,6). The van der Waals surface area contributed by atoms with Gasteiger partial charge < -0.3 is 20.4 Å². The maximum atomic E-state index is 13.1. The van der Waals surface area contributed by atoms with E-state index in [1.165, 1.54) is 69.8 Å². The van der Waals surface area contributed by atoms with Gasteiger partial charge in [0.05, 0.1) is 6.54 Å². The number of carboxylic acid groups (broad SMARTS) is 2. The quantitative estimate of drug-likeness (QED) is 0.587. The molecular formula is C24H36N2O5. The molecule has 0 heterocycles. The zero-order valence-corrected chi connectivity index (χ0v) is 18.5. The lowest BCUT2D eigenvalue weighted by Gasteiger charge is -2.42. The van der Waals surface area contributed by atoms with Crippen LogP contribution in [0.3, 0.4) is 0 Å². The number of carbonyl (C=O) groups excluding carboxylic acids is 1. The molecule has 2 aliphatic rings. The van der Waals surface area contributed by atoms with Gasteiger partial charge in [0.2, 0.25) is 5.91 Å². The summed E-state index contributed by atoms with van der Waals surface area (Å²) in [5, 5.41) is 18.2. The summed E-state index contributed by atoms with van der Waals surface area (Å²) in [4.78, 5) is 33.6. The SMILES string of the molecule is CC(NCC(=O)N(C1CCCCC1)C1CCCCC1)c1ccccc1.O=C(O)C(=O)O. The molecule has 3 rings (SSSR count). The fourth-order valence-corrected chi connectivity index (χ4v) is 4.62. The van der Waals surface area contributed by atoms with Crippen LogP contribution in [0.4, 0.5) is 0 Å². The number of nitrogens with zero attached hydrogens (tertiary/aromatic N) is 1. The number of amides is 1. The summed E-state index contributed by atoms with van der Waals surface area (Å²) in [6, 6.07) is 11.6. The third kappa shape index (κ3) is 8.32. The van der Waals surface area contributed by atoms with Gasteiger partial charge in [-0.05, 0) is 38.2 Å². The molecule has 1 aromatic carbocycles. The van der Waals surface area contributed by atoms with E-state index in [9.17, 15) is 4.79 Å². The van der Waals surface area contributed by atoms with Crippen LogP contribution < -0.4 is 5.32 Å². The molecule has 0 aromatic heterocycles. The lowest BCUT2D eigenvalue weighted by Crippen LogP contribution is -2.51. The van der Waals surface area contributed by atoms with Crippen LogP contribution in [0.25, 0.3) is 0 Å². The number of rotatable bonds is 6. The number of nitrogens with one attached hydrogen (secondary N) is 1. The number of carbonyl (C=O) groups is 3. The van der Waals surface area contributed by atoms with Gasteiger partial charge in [-0.25, -0.2) is 9.59 Å². The van der Waals surface area contributed by atoms with Crippen LogP contribution in [0.2, 0.25) is 0 Å². The molecule has 0 aliphatic heterocycles. The number of hydrogen-bond donors (Lipinski definition) is 3. The Morgan fingerprint density at radius 1 is 0.871 bits per heavy atom. The zero-order valence-electron chi connectivity index (χ0n) is 18.5. The number of aliphatic carboxylic acids is 2. The van der Waals surface area contributed by atoms with Crippen LogP contribution in [0.1, 0.15) is 82.7 Å². The van der Waals surface area contributed by atoms with Crippen molar-refractivity contribution in [3.63, 3.8) is 0 Å². The second-order valence-electron chi connectivity index (χ2n) is 8.51. The Bertz CT molecular complexity index is 667. The van der Waals surface area contributed by atoms with E-state index in [1.807, 2.05) is 6.07 Å². The molecule has 2 aliphatic carbocycles. The predicted octanol–water partition coefficient (Wildman–Crippen LogP) is 3.99. The molecule has 1 amide bonds. The van der Waals surface area contributed by atoms with Crippen molar-refractivity contribution in [2.75, 3.05) is 6.54 Å². The summed E-state index contributed by atoms with van der Waals surface area (Å²) >= 11 is 0. The normalized spacial score (nSPS) is 18.4. The van der Waals surface area contributed by atoms with E-state index >= 15 is 0 Å². The Kier molecular flexibility index (Phi) is 10.5. The summed E-state index contributed by atoms with van der Waals surface area (Å²) in [6.45, 7) is 2.61. The molecular weight excluding hydrogens is 396 g/mol. The zero-order chi connectivity index (χ0) is 22.6. The van der Waals surface area contributed by atoms with Gasteiger partial charge in [-0.1, -0.05) is 68.9 Å². The van der Waals surface area contributed by atoms with Gasteiger partial charge in [-0.15, -0.1) is 0 Å². The molecule has 2 saturated carbocycles. The van der Waals surface area contributed by atoms with Crippen molar-refractivity contribution in [3.05, 3.63) is 35.9 Å². The Hall–Kier alpha value is -2.41. The topological polar surface area (TPSA) is 107 Å². The van der Waals surface area contributed by atoms with E-state index in [0.29, 0.717) is 24.5 Å². The second-order valence-corrected chi connectivity index (χ2v) is 8.51. The molecule has 0 saturated heterocycles. The first-order chi connectivity index (χ1) is 14.9. The van der Waals surface area contributed by atoms with E-state index in [4.69, 9.17) is 19.8 Å². The first-order valence-corrected chi connectivity index (χ1v) is 11.5. The summed E-state index contributed by atoms with van der Waals surface area (Å²) < 4.78 is 0. The van der Waals surface area contributed by atoms with E-state index in [-0.39, 0.29) is 6.04 Å². The fourth-order valence-electron chi connectivity index (χ4n) is 4.62. The highest BCUT2D eigenvalue weighted by molar-refractivity contribution is 6.27. The fraction of sp³-hybridized carbons (Fsp3) is 0.625. The average Bonchev–Trinajstić information content (AvgIpc) is 2.80. The minimum absolute atomic E-state index is 0.213. The van der Waals surface area contributed by atoms with Crippen molar-refractivity contribution >= 4 is 17.8 Å². The summed E-state index contributed by atoms with van der Waals surface area (Å²) in [5.74, 6) is -3.33.